The molecule has 1 heterocycles. The van der Waals surface area contributed by atoms with Gasteiger partial charge in [-0.15, -0.1) is 10.2 Å². The largest absolute Gasteiger partial charge is 0.493 e. The number of hydrogen-bond acceptors (Lipinski definition) is 7. The van der Waals surface area contributed by atoms with Gasteiger partial charge in [0, 0.05) is 17.2 Å². The Balaban J connectivity index is 1.28. The molecular formula is C26H24N6O4. The maximum Gasteiger partial charge on any atom is 0.269 e. The quantitative estimate of drug-likeness (QED) is 0.291. The fourth-order valence-corrected chi connectivity index (χ4v) is 3.30. The number of methoxy groups -OCH3 is 2. The lowest BCUT2D eigenvalue weighted by Crippen LogP contribution is -2.40. The molecule has 2 N–H and O–H groups in total. The van der Waals surface area contributed by atoms with Crippen LogP contribution in [0.1, 0.15) is 21.5 Å². The summed E-state index contributed by atoms with van der Waals surface area (Å²) in [6.07, 6.45) is 2.90. The number of tetrazole rings is 1. The van der Waals surface area contributed by atoms with Gasteiger partial charge < -0.3 is 9.47 Å². The highest BCUT2D eigenvalue weighted by Gasteiger charge is 2.09. The van der Waals surface area contributed by atoms with Crippen molar-refractivity contribution in [2.45, 2.75) is 6.54 Å². The summed E-state index contributed by atoms with van der Waals surface area (Å²) in [4.78, 5) is 26.0. The van der Waals surface area contributed by atoms with E-state index in [1.54, 1.807) is 55.7 Å². The summed E-state index contributed by atoms with van der Waals surface area (Å²) in [6, 6.07) is 21.7. The fourth-order valence-electron chi connectivity index (χ4n) is 3.30. The first-order valence-electron chi connectivity index (χ1n) is 11.0. The molecular weight excluding hydrogens is 460 g/mol. The van der Waals surface area contributed by atoms with Crippen molar-refractivity contribution in [2.24, 2.45) is 0 Å². The number of ether oxygens (including phenoxy) is 2. The summed E-state index contributed by atoms with van der Waals surface area (Å²) in [7, 11) is 3.08. The number of hydrogen-bond donors (Lipinski definition) is 2. The Morgan fingerprint density at radius 3 is 2.39 bits per heavy atom. The summed E-state index contributed by atoms with van der Waals surface area (Å²) < 4.78 is 10.4. The van der Waals surface area contributed by atoms with Crippen molar-refractivity contribution in [3.05, 3.63) is 95.6 Å². The lowest BCUT2D eigenvalue weighted by Gasteiger charge is -2.08. The number of rotatable bonds is 8. The minimum atomic E-state index is -0.485. The number of amides is 2. The van der Waals surface area contributed by atoms with Crippen molar-refractivity contribution in [2.75, 3.05) is 14.2 Å². The summed E-state index contributed by atoms with van der Waals surface area (Å²) in [6.45, 7) is 0.402. The average Bonchev–Trinajstić information content (AvgIpc) is 3.39. The van der Waals surface area contributed by atoms with Gasteiger partial charge >= 0.3 is 0 Å². The second-order valence-corrected chi connectivity index (χ2v) is 7.60. The molecule has 4 rings (SSSR count). The molecule has 1 aromatic heterocycles. The van der Waals surface area contributed by atoms with E-state index in [2.05, 4.69) is 26.3 Å². The first-order chi connectivity index (χ1) is 17.6. The molecule has 0 bridgehead atoms. The highest BCUT2D eigenvalue weighted by atomic mass is 16.5. The lowest BCUT2D eigenvalue weighted by molar-refractivity contribution is -0.117. The SMILES string of the molecule is COc1ccc(/C=C/C(=O)NNC(=O)c2ccc(Cn3nnc(-c4ccccc4)n3)cc2)cc1OC. The Bertz CT molecular complexity index is 1370. The van der Waals surface area contributed by atoms with E-state index in [-0.39, 0.29) is 0 Å². The molecule has 0 fully saturated rings. The lowest BCUT2D eigenvalue weighted by atomic mass is 10.1. The predicted molar refractivity (Wildman–Crippen MR) is 133 cm³/mol. The van der Waals surface area contributed by atoms with Gasteiger partial charge in [0.05, 0.1) is 20.8 Å². The van der Waals surface area contributed by atoms with Crippen molar-refractivity contribution in [1.82, 2.24) is 31.1 Å². The van der Waals surface area contributed by atoms with Gasteiger partial charge in [-0.1, -0.05) is 48.5 Å². The zero-order valence-electron chi connectivity index (χ0n) is 19.7. The minimum absolute atomic E-state index is 0.388. The number of nitrogens with one attached hydrogen (secondary N) is 2. The molecule has 0 aliphatic heterocycles. The topological polar surface area (TPSA) is 120 Å². The van der Waals surface area contributed by atoms with Crippen LogP contribution in [0.3, 0.4) is 0 Å². The molecule has 2 amide bonds. The number of carbonyl (C=O) groups excluding carboxylic acids is 2. The van der Waals surface area contributed by atoms with Crippen LogP contribution in [0.2, 0.25) is 0 Å². The van der Waals surface area contributed by atoms with Crippen LogP contribution >= 0.6 is 0 Å². The van der Waals surface area contributed by atoms with Crippen molar-refractivity contribution in [3.63, 3.8) is 0 Å². The molecule has 36 heavy (non-hydrogen) atoms. The highest BCUT2D eigenvalue weighted by molar-refractivity contribution is 5.97. The zero-order valence-corrected chi connectivity index (χ0v) is 19.7. The smallest absolute Gasteiger partial charge is 0.269 e. The molecule has 10 heteroatoms. The summed E-state index contributed by atoms with van der Waals surface area (Å²) in [5.41, 5.74) is 7.66. The average molecular weight is 485 g/mol. The molecule has 0 aliphatic carbocycles. The van der Waals surface area contributed by atoms with Gasteiger partial charge in [0.25, 0.3) is 11.8 Å². The van der Waals surface area contributed by atoms with E-state index in [4.69, 9.17) is 9.47 Å². The third-order valence-electron chi connectivity index (χ3n) is 5.16. The fraction of sp³-hybridized carbons (Fsp3) is 0.115. The van der Waals surface area contributed by atoms with Crippen molar-refractivity contribution < 1.29 is 19.1 Å². The molecule has 0 radical (unpaired) electrons. The maximum atomic E-state index is 12.4. The Kier molecular flexibility index (Phi) is 7.66. The van der Waals surface area contributed by atoms with E-state index in [1.807, 2.05) is 30.3 Å². The van der Waals surface area contributed by atoms with Crippen LogP contribution in [-0.2, 0) is 11.3 Å². The molecule has 0 aliphatic rings. The normalized spacial score (nSPS) is 10.7. The molecule has 0 unspecified atom stereocenters. The first kappa shape index (κ1) is 24.1. The third-order valence-corrected chi connectivity index (χ3v) is 5.16. The van der Waals surface area contributed by atoms with Crippen LogP contribution in [0.25, 0.3) is 17.5 Å². The van der Waals surface area contributed by atoms with Crippen LogP contribution in [0.15, 0.2) is 78.9 Å². The Morgan fingerprint density at radius 2 is 1.67 bits per heavy atom. The van der Waals surface area contributed by atoms with E-state index in [0.29, 0.717) is 29.4 Å². The van der Waals surface area contributed by atoms with Crippen LogP contribution in [-0.4, -0.2) is 46.2 Å². The van der Waals surface area contributed by atoms with Gasteiger partial charge in [0.1, 0.15) is 0 Å². The second kappa shape index (κ2) is 11.4. The van der Waals surface area contributed by atoms with Gasteiger partial charge in [-0.2, -0.15) is 4.80 Å². The van der Waals surface area contributed by atoms with Gasteiger partial charge in [-0.3, -0.25) is 20.4 Å². The third kappa shape index (κ3) is 6.11. The monoisotopic (exact) mass is 484 g/mol. The number of benzene rings is 3. The van der Waals surface area contributed by atoms with Crippen LogP contribution in [0.4, 0.5) is 0 Å². The second-order valence-electron chi connectivity index (χ2n) is 7.60. The Labute approximate surface area is 207 Å². The molecule has 10 nitrogen and oxygen atoms in total. The molecule has 0 saturated carbocycles. The maximum absolute atomic E-state index is 12.4. The number of aromatic nitrogens is 4. The summed E-state index contributed by atoms with van der Waals surface area (Å²) in [5.74, 6) is 0.753. The van der Waals surface area contributed by atoms with Gasteiger partial charge in [0.2, 0.25) is 5.82 Å². The first-order valence-corrected chi connectivity index (χ1v) is 11.0. The van der Waals surface area contributed by atoms with E-state index in [1.165, 1.54) is 18.0 Å². The minimum Gasteiger partial charge on any atom is -0.493 e. The Morgan fingerprint density at radius 1 is 0.917 bits per heavy atom. The van der Waals surface area contributed by atoms with E-state index in [0.717, 1.165) is 16.7 Å². The number of carbonyl (C=O) groups is 2. The molecule has 0 atom stereocenters. The standard InChI is InChI=1S/C26H24N6O4/c1-35-22-14-10-18(16-23(22)36-2)11-15-24(33)27-29-26(34)21-12-8-19(9-13-21)17-32-30-25(28-31-32)20-6-4-3-5-7-20/h3-16H,17H2,1-2H3,(H,27,33)(H,29,34)/b15-11+. The Hall–Kier alpha value is -4.99. The van der Waals surface area contributed by atoms with E-state index >= 15 is 0 Å². The molecule has 0 spiro atoms. The van der Waals surface area contributed by atoms with Crippen molar-refractivity contribution in [3.8, 4) is 22.9 Å². The summed E-state index contributed by atoms with van der Waals surface area (Å²) in [5, 5.41) is 12.5. The van der Waals surface area contributed by atoms with Crippen molar-refractivity contribution in [1.29, 1.82) is 0 Å². The van der Waals surface area contributed by atoms with Crippen LogP contribution in [0, 0.1) is 0 Å². The molecule has 0 saturated heterocycles. The predicted octanol–water partition coefficient (Wildman–Crippen LogP) is 2.88. The summed E-state index contributed by atoms with van der Waals surface area (Å²) >= 11 is 0. The van der Waals surface area contributed by atoms with Gasteiger partial charge in [-0.25, -0.2) is 0 Å². The van der Waals surface area contributed by atoms with Crippen molar-refractivity contribution >= 4 is 17.9 Å². The molecule has 182 valence electrons. The molecule has 4 aromatic rings. The number of nitrogens with zero attached hydrogens (tertiary/aromatic N) is 4. The van der Waals surface area contributed by atoms with Gasteiger partial charge in [0.15, 0.2) is 11.5 Å². The van der Waals surface area contributed by atoms with E-state index < -0.39 is 11.8 Å². The van der Waals surface area contributed by atoms with Gasteiger partial charge in [-0.05, 0) is 46.7 Å². The van der Waals surface area contributed by atoms with Crippen LogP contribution in [0.5, 0.6) is 11.5 Å². The van der Waals surface area contributed by atoms with Crippen LogP contribution < -0.4 is 20.3 Å². The number of hydrazine groups is 1. The highest BCUT2D eigenvalue weighted by Crippen LogP contribution is 2.27. The van der Waals surface area contributed by atoms with E-state index in [9.17, 15) is 9.59 Å². The zero-order chi connectivity index (χ0) is 25.3. The molecule has 3 aromatic carbocycles.